The Bertz CT molecular complexity index is 1440. The molecule has 198 valence electrons. The molecule has 1 fully saturated rings. The van der Waals surface area contributed by atoms with Crippen LogP contribution in [-0.4, -0.2) is 69.9 Å². The summed E-state index contributed by atoms with van der Waals surface area (Å²) in [5.41, 5.74) is 2.86. The molecule has 1 aromatic heterocycles. The lowest BCUT2D eigenvalue weighted by atomic mass is 9.88. The van der Waals surface area contributed by atoms with E-state index in [1.54, 1.807) is 23.1 Å². The highest BCUT2D eigenvalue weighted by molar-refractivity contribution is 7.90. The summed E-state index contributed by atoms with van der Waals surface area (Å²) in [4.78, 5) is 23.1. The lowest BCUT2D eigenvalue weighted by Crippen LogP contribution is -2.43. The number of ether oxygens (including phenoxy) is 1. The number of amides is 1. The lowest BCUT2D eigenvalue weighted by Gasteiger charge is -2.30. The number of aromatic nitrogens is 1. The van der Waals surface area contributed by atoms with Gasteiger partial charge in [0.25, 0.3) is 0 Å². The van der Waals surface area contributed by atoms with Crippen molar-refractivity contribution in [2.75, 3.05) is 50.5 Å². The first-order valence-corrected chi connectivity index (χ1v) is 15.4. The maximum atomic E-state index is 14.0. The van der Waals surface area contributed by atoms with Gasteiger partial charge in [0, 0.05) is 44.8 Å². The Hall–Kier alpha value is -3.11. The van der Waals surface area contributed by atoms with Crippen LogP contribution in [0.5, 0.6) is 0 Å². The number of hydrogen-bond acceptors (Lipinski definition) is 7. The minimum Gasteiger partial charge on any atom is -0.379 e. The van der Waals surface area contributed by atoms with Crippen LogP contribution in [0.2, 0.25) is 0 Å². The fraction of sp³-hybridized carbons (Fsp3) is 0.310. The van der Waals surface area contributed by atoms with Crippen LogP contribution in [0.15, 0.2) is 83.8 Å². The van der Waals surface area contributed by atoms with Crippen LogP contribution in [0, 0.1) is 0 Å². The smallest absolute Gasteiger partial charge is 0.229 e. The van der Waals surface area contributed by atoms with E-state index in [-0.39, 0.29) is 16.7 Å². The van der Waals surface area contributed by atoms with Crippen molar-refractivity contribution >= 4 is 42.4 Å². The quantitative estimate of drug-likeness (QED) is 0.304. The van der Waals surface area contributed by atoms with Crippen molar-refractivity contribution in [3.8, 4) is 0 Å². The summed E-state index contributed by atoms with van der Waals surface area (Å²) in [7, 11) is -3.34. The van der Waals surface area contributed by atoms with Crippen molar-refractivity contribution in [2.45, 2.75) is 17.2 Å². The van der Waals surface area contributed by atoms with Crippen LogP contribution < -0.4 is 4.90 Å². The number of carbonyl (C=O) groups excluding carboxylic acids is 1. The average molecular weight is 550 g/mol. The predicted octanol–water partition coefficient (Wildman–Crippen LogP) is 4.59. The van der Waals surface area contributed by atoms with Gasteiger partial charge in [-0.05, 0) is 29.3 Å². The molecule has 1 aliphatic rings. The molecule has 0 unspecified atom stereocenters. The molecule has 3 aromatic carbocycles. The molecule has 5 rings (SSSR count). The van der Waals surface area contributed by atoms with Gasteiger partial charge in [0.1, 0.15) is 0 Å². The van der Waals surface area contributed by atoms with Crippen molar-refractivity contribution in [2.24, 2.45) is 0 Å². The number of fused-ring (bicyclic) bond motifs is 1. The molecule has 0 saturated carbocycles. The number of sulfone groups is 1. The molecule has 0 bridgehead atoms. The SMILES string of the molecule is CS(=O)(=O)c1ccc2nc(N(CCN3CCOCC3)C(=O)CC(c3ccccc3)c3ccccc3)sc2c1. The summed E-state index contributed by atoms with van der Waals surface area (Å²) in [6.45, 7) is 4.24. The molecule has 2 heterocycles. The third-order valence-electron chi connectivity index (χ3n) is 6.83. The van der Waals surface area contributed by atoms with Crippen LogP contribution in [0.1, 0.15) is 23.5 Å². The van der Waals surface area contributed by atoms with Crippen molar-refractivity contribution in [3.05, 3.63) is 90.0 Å². The average Bonchev–Trinajstić information content (AvgIpc) is 3.36. The maximum absolute atomic E-state index is 14.0. The lowest BCUT2D eigenvalue weighted by molar-refractivity contribution is -0.118. The van der Waals surface area contributed by atoms with Crippen molar-refractivity contribution in [3.63, 3.8) is 0 Å². The molecule has 1 aliphatic heterocycles. The second-order valence-electron chi connectivity index (χ2n) is 9.48. The Labute approximate surface area is 227 Å². The number of hydrogen-bond donors (Lipinski definition) is 0. The van der Waals surface area contributed by atoms with Gasteiger partial charge in [-0.3, -0.25) is 14.6 Å². The molecule has 0 radical (unpaired) electrons. The summed E-state index contributed by atoms with van der Waals surface area (Å²) in [5, 5.41) is 0.587. The molecule has 9 heteroatoms. The summed E-state index contributed by atoms with van der Waals surface area (Å²) >= 11 is 1.36. The highest BCUT2D eigenvalue weighted by atomic mass is 32.2. The molecule has 0 N–H and O–H groups in total. The first kappa shape index (κ1) is 26.5. The Kier molecular flexibility index (Phi) is 8.18. The van der Waals surface area contributed by atoms with Gasteiger partial charge in [-0.25, -0.2) is 13.4 Å². The number of nitrogens with zero attached hydrogens (tertiary/aromatic N) is 3. The molecule has 4 aromatic rings. The summed E-state index contributed by atoms with van der Waals surface area (Å²) < 4.78 is 30.4. The minimum absolute atomic E-state index is 0.0154. The van der Waals surface area contributed by atoms with E-state index in [1.807, 2.05) is 36.4 Å². The third kappa shape index (κ3) is 6.30. The Balaban J connectivity index is 1.47. The van der Waals surface area contributed by atoms with E-state index in [1.165, 1.54) is 17.6 Å². The van der Waals surface area contributed by atoms with Gasteiger partial charge in [0.2, 0.25) is 5.91 Å². The van der Waals surface area contributed by atoms with Gasteiger partial charge in [0.15, 0.2) is 15.0 Å². The number of carbonyl (C=O) groups is 1. The van der Waals surface area contributed by atoms with E-state index in [0.29, 0.717) is 43.4 Å². The van der Waals surface area contributed by atoms with Crippen LogP contribution in [0.3, 0.4) is 0 Å². The minimum atomic E-state index is -3.34. The first-order valence-electron chi connectivity index (χ1n) is 12.7. The van der Waals surface area contributed by atoms with E-state index >= 15 is 0 Å². The highest BCUT2D eigenvalue weighted by Crippen LogP contribution is 2.33. The Morgan fingerprint density at radius 2 is 1.63 bits per heavy atom. The van der Waals surface area contributed by atoms with E-state index in [2.05, 4.69) is 29.2 Å². The van der Waals surface area contributed by atoms with Gasteiger partial charge in [-0.1, -0.05) is 72.0 Å². The zero-order valence-electron chi connectivity index (χ0n) is 21.3. The largest absolute Gasteiger partial charge is 0.379 e. The van der Waals surface area contributed by atoms with Gasteiger partial charge in [-0.15, -0.1) is 0 Å². The van der Waals surface area contributed by atoms with Gasteiger partial charge in [0.05, 0.1) is 28.3 Å². The monoisotopic (exact) mass is 549 g/mol. The van der Waals surface area contributed by atoms with Crippen LogP contribution in [0.25, 0.3) is 10.2 Å². The van der Waals surface area contributed by atoms with E-state index in [4.69, 9.17) is 9.72 Å². The number of anilines is 1. The Morgan fingerprint density at radius 1 is 1.00 bits per heavy atom. The normalized spacial score (nSPS) is 14.7. The van der Waals surface area contributed by atoms with Crippen molar-refractivity contribution in [1.82, 2.24) is 9.88 Å². The van der Waals surface area contributed by atoms with Gasteiger partial charge < -0.3 is 4.74 Å². The van der Waals surface area contributed by atoms with E-state index in [9.17, 15) is 13.2 Å². The molecule has 1 saturated heterocycles. The number of morpholine rings is 1. The zero-order chi connectivity index (χ0) is 26.5. The summed E-state index contributed by atoms with van der Waals surface area (Å²) in [5.74, 6) is -0.111. The summed E-state index contributed by atoms with van der Waals surface area (Å²) in [6, 6.07) is 25.1. The second-order valence-corrected chi connectivity index (χ2v) is 12.5. The molecular formula is C29H31N3O4S2. The Morgan fingerprint density at radius 3 is 2.24 bits per heavy atom. The fourth-order valence-electron chi connectivity index (χ4n) is 4.72. The van der Waals surface area contributed by atoms with Crippen LogP contribution >= 0.6 is 11.3 Å². The zero-order valence-corrected chi connectivity index (χ0v) is 23.0. The van der Waals surface area contributed by atoms with Gasteiger partial charge >= 0.3 is 0 Å². The topological polar surface area (TPSA) is 79.8 Å². The van der Waals surface area contributed by atoms with Crippen molar-refractivity contribution in [1.29, 1.82) is 0 Å². The number of thiazole rings is 1. The third-order valence-corrected chi connectivity index (χ3v) is 8.99. The highest BCUT2D eigenvalue weighted by Gasteiger charge is 2.26. The molecule has 0 aliphatic carbocycles. The second kappa shape index (κ2) is 11.7. The number of rotatable bonds is 9. The maximum Gasteiger partial charge on any atom is 0.229 e. The predicted molar refractivity (Wildman–Crippen MR) is 152 cm³/mol. The fourth-order valence-corrected chi connectivity index (χ4v) is 6.49. The van der Waals surface area contributed by atoms with Crippen molar-refractivity contribution < 1.29 is 17.9 Å². The molecule has 38 heavy (non-hydrogen) atoms. The first-order chi connectivity index (χ1) is 18.4. The van der Waals surface area contributed by atoms with Gasteiger partial charge in [-0.2, -0.15) is 0 Å². The van der Waals surface area contributed by atoms with E-state index in [0.717, 1.165) is 28.9 Å². The molecular weight excluding hydrogens is 518 g/mol. The number of benzene rings is 3. The molecule has 1 amide bonds. The van der Waals surface area contributed by atoms with Crippen LogP contribution in [0.4, 0.5) is 5.13 Å². The standard InChI is InChI=1S/C29H31N3O4S2/c1-38(34,35)24-12-13-26-27(20-24)37-29(30-26)32(15-14-31-16-18-36-19-17-31)28(33)21-25(22-8-4-2-5-9-22)23-10-6-3-7-11-23/h2-13,20,25H,14-19,21H2,1H3. The molecule has 0 spiro atoms. The molecule has 7 nitrogen and oxygen atoms in total. The van der Waals surface area contributed by atoms with E-state index < -0.39 is 9.84 Å². The molecule has 0 atom stereocenters. The van der Waals surface area contributed by atoms with Crippen LogP contribution in [-0.2, 0) is 19.4 Å². The summed E-state index contributed by atoms with van der Waals surface area (Å²) in [6.07, 6.45) is 1.49.